The largest absolute Gasteiger partial charge is 0.744 e. The molecular weight excluding hydrogens is 542 g/mol. The Labute approximate surface area is 262 Å². The zero-order chi connectivity index (χ0) is 31.4. The summed E-state index contributed by atoms with van der Waals surface area (Å²) in [5, 5.41) is 9.19. The van der Waals surface area contributed by atoms with Crippen LogP contribution in [0, 0.1) is 6.92 Å². The zero-order valence-corrected chi connectivity index (χ0v) is 29.0. The number of aryl methyl sites for hydroxylation is 1. The number of rotatable bonds is 27. The van der Waals surface area contributed by atoms with Crippen molar-refractivity contribution in [2.75, 3.05) is 33.3 Å². The molecule has 0 aliphatic heterocycles. The molecule has 0 aliphatic rings. The standard InChI is InChI=1S/C29H62NO.C7H8O3S/c1-4-6-8-10-12-14-16-18-20-22-26-30(3,28-24-25-29-31)27-23-21-19-17-15-13-11-9-7-5-2;1-6-2-4-7(5-3-6)11(8,9)10/h31H,4-29H2,1-3H3;2-5H,1H3,(H,8,9,10)/q+1;/p-1. The molecule has 1 N–H and O–H groups in total. The normalized spacial score (nSPS) is 11.9. The molecule has 0 heterocycles. The fraction of sp³-hybridized carbons (Fsp3) is 0.833. The lowest BCUT2D eigenvalue weighted by molar-refractivity contribution is -0.910. The second-order valence-corrected chi connectivity index (χ2v) is 14.2. The van der Waals surface area contributed by atoms with E-state index in [0.29, 0.717) is 6.61 Å². The van der Waals surface area contributed by atoms with E-state index in [1.807, 2.05) is 6.92 Å². The second-order valence-electron chi connectivity index (χ2n) is 12.9. The van der Waals surface area contributed by atoms with Crippen LogP contribution in [0.2, 0.25) is 0 Å². The number of unbranched alkanes of at least 4 members (excludes halogenated alkanes) is 19. The van der Waals surface area contributed by atoms with Crippen LogP contribution in [0.25, 0.3) is 0 Å². The first-order valence-electron chi connectivity index (χ1n) is 17.7. The lowest BCUT2D eigenvalue weighted by Crippen LogP contribution is -2.46. The summed E-state index contributed by atoms with van der Waals surface area (Å²) in [6.07, 6.45) is 30.7. The Hall–Kier alpha value is -0.950. The minimum Gasteiger partial charge on any atom is -0.744 e. The number of benzene rings is 1. The molecular formula is C36H69NO4S. The number of aliphatic hydroxyl groups excluding tert-OH is 1. The average molecular weight is 612 g/mol. The Bertz CT molecular complexity index is 786. The van der Waals surface area contributed by atoms with Gasteiger partial charge in [-0.15, -0.1) is 0 Å². The monoisotopic (exact) mass is 611 g/mol. The smallest absolute Gasteiger partial charge is 0.124 e. The molecule has 0 saturated carbocycles. The highest BCUT2D eigenvalue weighted by molar-refractivity contribution is 7.85. The van der Waals surface area contributed by atoms with Crippen molar-refractivity contribution in [1.29, 1.82) is 0 Å². The molecule has 0 unspecified atom stereocenters. The minimum absolute atomic E-state index is 0.178. The summed E-state index contributed by atoms with van der Waals surface area (Å²) >= 11 is 0. The summed E-state index contributed by atoms with van der Waals surface area (Å²) in [6.45, 7) is 10.7. The van der Waals surface area contributed by atoms with Crippen LogP contribution in [-0.4, -0.2) is 55.8 Å². The molecule has 1 aromatic rings. The minimum atomic E-state index is -4.27. The highest BCUT2D eigenvalue weighted by Gasteiger charge is 2.20. The molecule has 248 valence electrons. The van der Waals surface area contributed by atoms with E-state index in [9.17, 15) is 18.1 Å². The highest BCUT2D eigenvalue weighted by atomic mass is 32.2. The first-order valence-corrected chi connectivity index (χ1v) is 19.1. The molecule has 0 spiro atoms. The predicted molar refractivity (Wildman–Crippen MR) is 180 cm³/mol. The Morgan fingerprint density at radius 1 is 0.571 bits per heavy atom. The quantitative estimate of drug-likeness (QED) is 0.0610. The van der Waals surface area contributed by atoms with Gasteiger partial charge in [0.05, 0.1) is 31.6 Å². The van der Waals surface area contributed by atoms with Gasteiger partial charge in [0.15, 0.2) is 0 Å². The molecule has 42 heavy (non-hydrogen) atoms. The SMILES string of the molecule is CCCCCCCCCCCC[N+](C)(CCCCO)CCCCCCCCCCCC.Cc1ccc(S(=O)(=O)[O-])cc1. The molecule has 6 heteroatoms. The molecule has 0 bridgehead atoms. The predicted octanol–water partition coefficient (Wildman–Crippen LogP) is 9.95. The molecule has 0 radical (unpaired) electrons. The highest BCUT2D eigenvalue weighted by Crippen LogP contribution is 2.16. The fourth-order valence-electron chi connectivity index (χ4n) is 5.61. The van der Waals surface area contributed by atoms with Gasteiger partial charge < -0.3 is 14.1 Å². The third-order valence-electron chi connectivity index (χ3n) is 8.52. The number of aliphatic hydroxyl groups is 1. The van der Waals surface area contributed by atoms with Crippen LogP contribution in [0.15, 0.2) is 29.2 Å². The molecule has 5 nitrogen and oxygen atoms in total. The van der Waals surface area contributed by atoms with Crippen LogP contribution in [0.5, 0.6) is 0 Å². The number of quaternary nitrogens is 1. The van der Waals surface area contributed by atoms with Gasteiger partial charge in [0.2, 0.25) is 0 Å². The molecule has 0 amide bonds. The van der Waals surface area contributed by atoms with E-state index in [1.54, 1.807) is 12.1 Å². The van der Waals surface area contributed by atoms with Crippen LogP contribution in [-0.2, 0) is 10.1 Å². The van der Waals surface area contributed by atoms with Crippen molar-refractivity contribution in [3.8, 4) is 0 Å². The average Bonchev–Trinajstić information content (AvgIpc) is 2.95. The van der Waals surface area contributed by atoms with Gasteiger partial charge in [-0.2, -0.15) is 0 Å². The van der Waals surface area contributed by atoms with Gasteiger partial charge in [0.25, 0.3) is 0 Å². The van der Waals surface area contributed by atoms with Gasteiger partial charge >= 0.3 is 0 Å². The van der Waals surface area contributed by atoms with E-state index in [4.69, 9.17) is 0 Å². The molecule has 1 rings (SSSR count). The van der Waals surface area contributed by atoms with Crippen molar-refractivity contribution in [3.63, 3.8) is 0 Å². The second kappa shape index (κ2) is 27.6. The maximum Gasteiger partial charge on any atom is 0.124 e. The number of hydrogen-bond donors (Lipinski definition) is 1. The van der Waals surface area contributed by atoms with Crippen molar-refractivity contribution < 1.29 is 22.6 Å². The van der Waals surface area contributed by atoms with Crippen molar-refractivity contribution >= 4 is 10.1 Å². The van der Waals surface area contributed by atoms with Gasteiger partial charge in [-0.05, 0) is 57.6 Å². The number of hydrogen-bond acceptors (Lipinski definition) is 4. The summed E-state index contributed by atoms with van der Waals surface area (Å²) < 4.78 is 32.4. The van der Waals surface area contributed by atoms with E-state index in [1.165, 1.54) is 171 Å². The van der Waals surface area contributed by atoms with E-state index >= 15 is 0 Å². The first-order chi connectivity index (χ1) is 20.2. The lowest BCUT2D eigenvalue weighted by atomic mass is 10.1. The summed E-state index contributed by atoms with van der Waals surface area (Å²) in [5.41, 5.74) is 0.928. The van der Waals surface area contributed by atoms with Crippen LogP contribution >= 0.6 is 0 Å². The van der Waals surface area contributed by atoms with E-state index in [-0.39, 0.29) is 4.90 Å². The van der Waals surface area contributed by atoms with Crippen LogP contribution in [0.4, 0.5) is 0 Å². The zero-order valence-electron chi connectivity index (χ0n) is 28.2. The summed E-state index contributed by atoms with van der Waals surface area (Å²) in [6, 6.07) is 5.78. The van der Waals surface area contributed by atoms with Gasteiger partial charge in [-0.3, -0.25) is 0 Å². The van der Waals surface area contributed by atoms with Crippen LogP contribution < -0.4 is 0 Å². The van der Waals surface area contributed by atoms with Crippen molar-refractivity contribution in [1.82, 2.24) is 0 Å². The molecule has 0 fully saturated rings. The molecule has 0 atom stereocenters. The summed E-state index contributed by atoms with van der Waals surface area (Å²) in [7, 11) is -1.78. The molecule has 0 aromatic heterocycles. The van der Waals surface area contributed by atoms with Crippen molar-refractivity contribution in [2.24, 2.45) is 0 Å². The Kier molecular flexibility index (Phi) is 27.0. The summed E-state index contributed by atoms with van der Waals surface area (Å²) in [5.74, 6) is 0. The van der Waals surface area contributed by atoms with E-state index in [0.717, 1.165) is 12.0 Å². The van der Waals surface area contributed by atoms with Crippen LogP contribution in [0.3, 0.4) is 0 Å². The Balaban J connectivity index is 0.00000126. The summed E-state index contributed by atoms with van der Waals surface area (Å²) in [4.78, 5) is -0.178. The van der Waals surface area contributed by atoms with E-state index < -0.39 is 10.1 Å². The molecule has 0 aliphatic carbocycles. The van der Waals surface area contributed by atoms with Gasteiger partial charge in [0.1, 0.15) is 10.1 Å². The van der Waals surface area contributed by atoms with Gasteiger partial charge in [-0.25, -0.2) is 8.42 Å². The fourth-order valence-corrected chi connectivity index (χ4v) is 6.08. The third kappa shape index (κ3) is 25.5. The maximum absolute atomic E-state index is 10.4. The topological polar surface area (TPSA) is 77.4 Å². The van der Waals surface area contributed by atoms with Gasteiger partial charge in [-0.1, -0.05) is 134 Å². The molecule has 1 aromatic carbocycles. The first kappa shape index (κ1) is 41.0. The van der Waals surface area contributed by atoms with Crippen molar-refractivity contribution in [3.05, 3.63) is 29.8 Å². The van der Waals surface area contributed by atoms with Crippen molar-refractivity contribution in [2.45, 2.75) is 167 Å². The van der Waals surface area contributed by atoms with E-state index in [2.05, 4.69) is 20.9 Å². The Morgan fingerprint density at radius 3 is 1.19 bits per heavy atom. The maximum atomic E-state index is 10.4. The van der Waals surface area contributed by atoms with Gasteiger partial charge in [0, 0.05) is 6.61 Å². The number of nitrogens with zero attached hydrogens (tertiary/aromatic N) is 1. The lowest BCUT2D eigenvalue weighted by Gasteiger charge is -2.35. The molecule has 0 saturated heterocycles. The van der Waals surface area contributed by atoms with Crippen LogP contribution in [0.1, 0.15) is 161 Å². The Morgan fingerprint density at radius 2 is 0.881 bits per heavy atom. The third-order valence-corrected chi connectivity index (χ3v) is 9.37.